The average molecular weight is 274 g/mol. The van der Waals surface area contributed by atoms with E-state index in [4.69, 9.17) is 5.11 Å². The summed E-state index contributed by atoms with van der Waals surface area (Å²) in [5.41, 5.74) is 1.75. The Balaban J connectivity index is 2.08. The fourth-order valence-electron chi connectivity index (χ4n) is 1.71. The summed E-state index contributed by atoms with van der Waals surface area (Å²) in [4.78, 5) is 22.8. The molecule has 2 rings (SSSR count). The second-order valence-corrected chi connectivity index (χ2v) is 4.32. The van der Waals surface area contributed by atoms with Crippen LogP contribution < -0.4 is 10.6 Å². The molecule has 7 heteroatoms. The molecule has 0 atom stereocenters. The van der Waals surface area contributed by atoms with Gasteiger partial charge in [-0.2, -0.15) is 5.10 Å². The van der Waals surface area contributed by atoms with Gasteiger partial charge < -0.3 is 15.7 Å². The standard InChI is InChI=1S/C13H14N4O3/c1-8-3-4-9(5-11(8)12(18)19)15-13(20)16-10-6-14-17(2)7-10/h3-7H,1-2H3,(H,18,19)(H2,15,16,20). The van der Waals surface area contributed by atoms with Crippen LogP contribution in [0.2, 0.25) is 0 Å². The number of aromatic nitrogens is 2. The lowest BCUT2D eigenvalue weighted by molar-refractivity contribution is 0.0696. The van der Waals surface area contributed by atoms with Gasteiger partial charge in [0.1, 0.15) is 0 Å². The number of carboxylic acids is 1. The number of carbonyl (C=O) groups excluding carboxylic acids is 1. The lowest BCUT2D eigenvalue weighted by Gasteiger charge is -2.08. The Morgan fingerprint density at radius 2 is 1.95 bits per heavy atom. The number of anilines is 2. The van der Waals surface area contributed by atoms with Gasteiger partial charge in [-0.3, -0.25) is 4.68 Å². The van der Waals surface area contributed by atoms with Gasteiger partial charge in [-0.15, -0.1) is 0 Å². The number of aryl methyl sites for hydroxylation is 2. The molecular formula is C13H14N4O3. The molecule has 0 bridgehead atoms. The van der Waals surface area contributed by atoms with Gasteiger partial charge in [0, 0.05) is 18.9 Å². The van der Waals surface area contributed by atoms with Crippen LogP contribution >= 0.6 is 0 Å². The van der Waals surface area contributed by atoms with E-state index in [9.17, 15) is 9.59 Å². The van der Waals surface area contributed by atoms with Crippen LogP contribution in [0.4, 0.5) is 16.2 Å². The monoisotopic (exact) mass is 274 g/mol. The highest BCUT2D eigenvalue weighted by atomic mass is 16.4. The first-order valence-corrected chi connectivity index (χ1v) is 5.86. The van der Waals surface area contributed by atoms with Crippen LogP contribution in [-0.4, -0.2) is 26.9 Å². The SMILES string of the molecule is Cc1ccc(NC(=O)Nc2cnn(C)c2)cc1C(=O)O. The van der Waals surface area contributed by atoms with Crippen LogP contribution in [0.15, 0.2) is 30.6 Å². The van der Waals surface area contributed by atoms with Gasteiger partial charge in [0.2, 0.25) is 0 Å². The van der Waals surface area contributed by atoms with Crippen LogP contribution in [0.3, 0.4) is 0 Å². The number of carbonyl (C=O) groups is 2. The van der Waals surface area contributed by atoms with E-state index in [-0.39, 0.29) is 5.56 Å². The minimum atomic E-state index is -1.03. The summed E-state index contributed by atoms with van der Waals surface area (Å²) in [6.07, 6.45) is 3.16. The molecule has 1 aromatic carbocycles. The van der Waals surface area contributed by atoms with E-state index in [0.29, 0.717) is 16.9 Å². The summed E-state index contributed by atoms with van der Waals surface area (Å²) in [5.74, 6) is -1.03. The van der Waals surface area contributed by atoms with Gasteiger partial charge in [0.15, 0.2) is 0 Å². The number of hydrogen-bond acceptors (Lipinski definition) is 3. The van der Waals surface area contributed by atoms with E-state index in [0.717, 1.165) is 0 Å². The lowest BCUT2D eigenvalue weighted by Crippen LogP contribution is -2.19. The van der Waals surface area contributed by atoms with Gasteiger partial charge >= 0.3 is 12.0 Å². The summed E-state index contributed by atoms with van der Waals surface area (Å²) in [7, 11) is 1.74. The Kier molecular flexibility index (Phi) is 3.69. The van der Waals surface area contributed by atoms with Crippen molar-refractivity contribution >= 4 is 23.4 Å². The molecule has 20 heavy (non-hydrogen) atoms. The van der Waals surface area contributed by atoms with Crippen molar-refractivity contribution in [1.29, 1.82) is 0 Å². The second-order valence-electron chi connectivity index (χ2n) is 4.32. The molecule has 0 spiro atoms. The summed E-state index contributed by atoms with van der Waals surface area (Å²) >= 11 is 0. The van der Waals surface area contributed by atoms with Crippen LogP contribution in [-0.2, 0) is 7.05 Å². The van der Waals surface area contributed by atoms with Crippen molar-refractivity contribution < 1.29 is 14.7 Å². The third-order valence-electron chi connectivity index (χ3n) is 2.69. The average Bonchev–Trinajstić information content (AvgIpc) is 2.76. The van der Waals surface area contributed by atoms with E-state index in [1.807, 2.05) is 0 Å². The molecule has 0 saturated carbocycles. The zero-order chi connectivity index (χ0) is 14.7. The third kappa shape index (κ3) is 3.14. The second kappa shape index (κ2) is 5.43. The summed E-state index contributed by atoms with van der Waals surface area (Å²) < 4.78 is 1.56. The molecule has 3 N–H and O–H groups in total. The van der Waals surface area contributed by atoms with E-state index >= 15 is 0 Å². The van der Waals surface area contributed by atoms with Crippen LogP contribution in [0.5, 0.6) is 0 Å². The molecule has 0 radical (unpaired) electrons. The number of amides is 2. The molecule has 2 amide bonds. The molecule has 0 saturated heterocycles. The molecule has 0 fully saturated rings. The quantitative estimate of drug-likeness (QED) is 0.798. The number of benzene rings is 1. The molecule has 1 heterocycles. The molecule has 7 nitrogen and oxygen atoms in total. The van der Waals surface area contributed by atoms with Gasteiger partial charge in [-0.25, -0.2) is 9.59 Å². The van der Waals surface area contributed by atoms with E-state index in [1.54, 1.807) is 37.0 Å². The maximum atomic E-state index is 11.8. The van der Waals surface area contributed by atoms with Crippen molar-refractivity contribution in [3.63, 3.8) is 0 Å². The number of hydrogen-bond donors (Lipinski definition) is 3. The Morgan fingerprint density at radius 3 is 2.55 bits per heavy atom. The Bertz CT molecular complexity index is 663. The van der Waals surface area contributed by atoms with Crippen molar-refractivity contribution in [3.8, 4) is 0 Å². The third-order valence-corrected chi connectivity index (χ3v) is 2.69. The fourth-order valence-corrected chi connectivity index (χ4v) is 1.71. The first kappa shape index (κ1) is 13.6. The van der Waals surface area contributed by atoms with Gasteiger partial charge in [0.05, 0.1) is 17.4 Å². The minimum absolute atomic E-state index is 0.157. The van der Waals surface area contributed by atoms with Crippen LogP contribution in [0.1, 0.15) is 15.9 Å². The van der Waals surface area contributed by atoms with E-state index in [2.05, 4.69) is 15.7 Å². The zero-order valence-electron chi connectivity index (χ0n) is 11.0. The smallest absolute Gasteiger partial charge is 0.336 e. The number of carboxylic acid groups (broad SMARTS) is 1. The maximum absolute atomic E-state index is 11.8. The summed E-state index contributed by atoms with van der Waals surface area (Å²) in [6.45, 7) is 1.70. The lowest BCUT2D eigenvalue weighted by atomic mass is 10.1. The highest BCUT2D eigenvalue weighted by Crippen LogP contribution is 2.16. The summed E-state index contributed by atoms with van der Waals surface area (Å²) in [5, 5.41) is 18.1. The van der Waals surface area contributed by atoms with Crippen molar-refractivity contribution in [3.05, 3.63) is 41.7 Å². The predicted octanol–water partition coefficient (Wildman–Crippen LogP) is 2.07. The number of rotatable bonds is 3. The minimum Gasteiger partial charge on any atom is -0.478 e. The van der Waals surface area contributed by atoms with Crippen molar-refractivity contribution in [2.75, 3.05) is 10.6 Å². The largest absolute Gasteiger partial charge is 0.478 e. The van der Waals surface area contributed by atoms with Crippen molar-refractivity contribution in [2.45, 2.75) is 6.92 Å². The highest BCUT2D eigenvalue weighted by molar-refractivity contribution is 6.00. The summed E-state index contributed by atoms with van der Waals surface area (Å²) in [6, 6.07) is 4.24. The van der Waals surface area contributed by atoms with Crippen molar-refractivity contribution in [2.24, 2.45) is 7.05 Å². The molecule has 104 valence electrons. The Hall–Kier alpha value is -2.83. The van der Waals surface area contributed by atoms with Crippen molar-refractivity contribution in [1.82, 2.24) is 9.78 Å². The Morgan fingerprint density at radius 1 is 1.25 bits per heavy atom. The highest BCUT2D eigenvalue weighted by Gasteiger charge is 2.10. The molecule has 1 aromatic heterocycles. The first-order chi connectivity index (χ1) is 9.45. The molecule has 0 aliphatic rings. The molecule has 0 unspecified atom stereocenters. The fraction of sp³-hybridized carbons (Fsp3) is 0.154. The topological polar surface area (TPSA) is 96.3 Å². The van der Waals surface area contributed by atoms with Gasteiger partial charge in [-0.1, -0.05) is 6.07 Å². The first-order valence-electron chi connectivity index (χ1n) is 5.86. The normalized spacial score (nSPS) is 10.1. The van der Waals surface area contributed by atoms with E-state index in [1.165, 1.54) is 12.3 Å². The maximum Gasteiger partial charge on any atom is 0.336 e. The number of aromatic carboxylic acids is 1. The number of urea groups is 1. The molecular weight excluding hydrogens is 260 g/mol. The molecule has 0 aliphatic carbocycles. The van der Waals surface area contributed by atoms with Crippen LogP contribution in [0.25, 0.3) is 0 Å². The zero-order valence-corrected chi connectivity index (χ0v) is 11.0. The van der Waals surface area contributed by atoms with Crippen LogP contribution in [0, 0.1) is 6.92 Å². The van der Waals surface area contributed by atoms with Gasteiger partial charge in [-0.05, 0) is 24.6 Å². The molecule has 0 aliphatic heterocycles. The van der Waals surface area contributed by atoms with Gasteiger partial charge in [0.25, 0.3) is 0 Å². The number of nitrogens with one attached hydrogen (secondary N) is 2. The Labute approximate surface area is 115 Å². The number of nitrogens with zero attached hydrogens (tertiary/aromatic N) is 2. The molecule has 2 aromatic rings. The van der Waals surface area contributed by atoms with E-state index < -0.39 is 12.0 Å². The predicted molar refractivity (Wildman–Crippen MR) is 74.0 cm³/mol.